The Morgan fingerprint density at radius 2 is 2.00 bits per heavy atom. The molecule has 2 aromatic rings. The Kier molecular flexibility index (Phi) is 3.57. The van der Waals surface area contributed by atoms with E-state index in [0.717, 1.165) is 16.9 Å². The molecule has 0 fully saturated rings. The molecule has 4 nitrogen and oxygen atoms in total. The maximum atomic E-state index is 11.7. The van der Waals surface area contributed by atoms with Crippen LogP contribution in [0, 0.1) is 6.92 Å². The highest BCUT2D eigenvalue weighted by atomic mass is 16.1. The van der Waals surface area contributed by atoms with E-state index < -0.39 is 0 Å². The number of rotatable bonds is 3. The van der Waals surface area contributed by atoms with Gasteiger partial charge in [-0.05, 0) is 30.7 Å². The van der Waals surface area contributed by atoms with Crippen molar-refractivity contribution >= 4 is 17.3 Å². The van der Waals surface area contributed by atoms with E-state index in [1.807, 2.05) is 31.2 Å². The number of benzene rings is 1. The molecule has 18 heavy (non-hydrogen) atoms. The van der Waals surface area contributed by atoms with Gasteiger partial charge in [0.1, 0.15) is 0 Å². The number of amides is 1. The molecule has 92 valence electrons. The van der Waals surface area contributed by atoms with Gasteiger partial charge >= 0.3 is 0 Å². The van der Waals surface area contributed by atoms with Gasteiger partial charge in [0, 0.05) is 13.2 Å². The summed E-state index contributed by atoms with van der Waals surface area (Å²) in [6, 6.07) is 9.35. The fourth-order valence-electron chi connectivity index (χ4n) is 1.70. The lowest BCUT2D eigenvalue weighted by Crippen LogP contribution is -2.19. The van der Waals surface area contributed by atoms with Crippen LogP contribution in [-0.4, -0.2) is 17.9 Å². The van der Waals surface area contributed by atoms with Crippen LogP contribution >= 0.6 is 0 Å². The largest absolute Gasteiger partial charge is 0.355 e. The Morgan fingerprint density at radius 3 is 2.72 bits per heavy atom. The Morgan fingerprint density at radius 1 is 1.22 bits per heavy atom. The summed E-state index contributed by atoms with van der Waals surface area (Å²) in [7, 11) is 1.62. The number of aryl methyl sites for hydroxylation is 1. The monoisotopic (exact) mass is 241 g/mol. The van der Waals surface area contributed by atoms with Crippen LogP contribution in [0.25, 0.3) is 0 Å². The summed E-state index contributed by atoms with van der Waals surface area (Å²) in [5, 5.41) is 5.83. The Bertz CT molecular complexity index is 566. The zero-order valence-electron chi connectivity index (χ0n) is 10.4. The van der Waals surface area contributed by atoms with Gasteiger partial charge in [0.05, 0.1) is 23.1 Å². The lowest BCUT2D eigenvalue weighted by atomic mass is 10.1. The lowest BCUT2D eigenvalue weighted by molar-refractivity contribution is 0.0964. The van der Waals surface area contributed by atoms with E-state index in [1.54, 1.807) is 25.5 Å². The first-order chi connectivity index (χ1) is 8.70. The zero-order chi connectivity index (χ0) is 13.0. The van der Waals surface area contributed by atoms with Gasteiger partial charge in [0.15, 0.2) is 0 Å². The summed E-state index contributed by atoms with van der Waals surface area (Å²) in [5.41, 5.74) is 3.31. The quantitative estimate of drug-likeness (QED) is 0.868. The summed E-state index contributed by atoms with van der Waals surface area (Å²) in [4.78, 5) is 15.8. The highest BCUT2D eigenvalue weighted by molar-refractivity contribution is 6.00. The molecule has 0 unspecified atom stereocenters. The number of carbonyl (C=O) groups is 1. The predicted molar refractivity (Wildman–Crippen MR) is 72.1 cm³/mol. The molecule has 0 saturated heterocycles. The number of aromatic nitrogens is 1. The van der Waals surface area contributed by atoms with Gasteiger partial charge in [0.25, 0.3) is 5.91 Å². The number of hydrogen-bond acceptors (Lipinski definition) is 3. The van der Waals surface area contributed by atoms with E-state index in [4.69, 9.17) is 0 Å². The highest BCUT2D eigenvalue weighted by Gasteiger charge is 2.08. The minimum Gasteiger partial charge on any atom is -0.355 e. The third-order valence-electron chi connectivity index (χ3n) is 2.55. The molecule has 0 radical (unpaired) electrons. The van der Waals surface area contributed by atoms with Crippen LogP contribution in [0.15, 0.2) is 42.7 Å². The van der Waals surface area contributed by atoms with E-state index >= 15 is 0 Å². The van der Waals surface area contributed by atoms with Gasteiger partial charge in [-0.2, -0.15) is 0 Å². The normalized spacial score (nSPS) is 9.89. The SMILES string of the molecule is CNC(=O)c1ccccc1Nc1cncc(C)c1. The Labute approximate surface area is 106 Å². The summed E-state index contributed by atoms with van der Waals surface area (Å²) in [5.74, 6) is -0.112. The number of carbonyl (C=O) groups excluding carboxylic acids is 1. The summed E-state index contributed by atoms with van der Waals surface area (Å²) in [6.45, 7) is 1.98. The average Bonchev–Trinajstić information content (AvgIpc) is 2.38. The molecule has 2 rings (SSSR count). The van der Waals surface area contributed by atoms with E-state index in [1.165, 1.54) is 0 Å². The summed E-state index contributed by atoms with van der Waals surface area (Å²) >= 11 is 0. The molecule has 0 bridgehead atoms. The Hall–Kier alpha value is -2.36. The van der Waals surface area contributed by atoms with Crippen molar-refractivity contribution in [2.45, 2.75) is 6.92 Å². The van der Waals surface area contributed by atoms with Gasteiger partial charge in [-0.15, -0.1) is 0 Å². The molecule has 1 aromatic heterocycles. The van der Waals surface area contributed by atoms with E-state index in [9.17, 15) is 4.79 Å². The van der Waals surface area contributed by atoms with Crippen molar-refractivity contribution in [3.05, 3.63) is 53.9 Å². The van der Waals surface area contributed by atoms with Crippen LogP contribution in [0.3, 0.4) is 0 Å². The highest BCUT2D eigenvalue weighted by Crippen LogP contribution is 2.20. The molecule has 0 atom stereocenters. The number of anilines is 2. The molecular formula is C14H15N3O. The molecule has 4 heteroatoms. The van der Waals surface area contributed by atoms with Gasteiger partial charge in [0.2, 0.25) is 0 Å². The van der Waals surface area contributed by atoms with Gasteiger partial charge < -0.3 is 10.6 Å². The Balaban J connectivity index is 2.32. The number of hydrogen-bond donors (Lipinski definition) is 2. The first-order valence-electron chi connectivity index (χ1n) is 5.70. The molecular weight excluding hydrogens is 226 g/mol. The lowest BCUT2D eigenvalue weighted by Gasteiger charge is -2.11. The van der Waals surface area contributed by atoms with Crippen LogP contribution in [0.1, 0.15) is 15.9 Å². The molecule has 2 N–H and O–H groups in total. The minimum atomic E-state index is -0.112. The van der Waals surface area contributed by atoms with Crippen LogP contribution in [0.5, 0.6) is 0 Å². The van der Waals surface area contributed by atoms with Crippen LogP contribution in [0.4, 0.5) is 11.4 Å². The third-order valence-corrected chi connectivity index (χ3v) is 2.55. The van der Waals surface area contributed by atoms with Crippen molar-refractivity contribution in [2.24, 2.45) is 0 Å². The van der Waals surface area contributed by atoms with Crippen LogP contribution in [-0.2, 0) is 0 Å². The fourth-order valence-corrected chi connectivity index (χ4v) is 1.70. The van der Waals surface area contributed by atoms with Gasteiger partial charge in [-0.1, -0.05) is 12.1 Å². The standard InChI is InChI=1S/C14H15N3O/c1-10-7-11(9-16-8-10)17-13-6-4-3-5-12(13)14(18)15-2/h3-9,17H,1-2H3,(H,15,18). The fraction of sp³-hybridized carbons (Fsp3) is 0.143. The average molecular weight is 241 g/mol. The number of para-hydroxylation sites is 1. The van der Waals surface area contributed by atoms with Gasteiger partial charge in [-0.3, -0.25) is 9.78 Å². The smallest absolute Gasteiger partial charge is 0.253 e. The van der Waals surface area contributed by atoms with Crippen molar-refractivity contribution in [1.29, 1.82) is 0 Å². The van der Waals surface area contributed by atoms with Crippen molar-refractivity contribution in [3.63, 3.8) is 0 Å². The zero-order valence-corrected chi connectivity index (χ0v) is 10.4. The van der Waals surface area contributed by atoms with E-state index in [-0.39, 0.29) is 5.91 Å². The van der Waals surface area contributed by atoms with Crippen LogP contribution in [0.2, 0.25) is 0 Å². The van der Waals surface area contributed by atoms with Crippen molar-refractivity contribution in [3.8, 4) is 0 Å². The summed E-state index contributed by atoms with van der Waals surface area (Å²) in [6.07, 6.45) is 3.52. The first-order valence-corrected chi connectivity index (χ1v) is 5.70. The molecule has 0 aliphatic heterocycles. The molecule has 0 saturated carbocycles. The second-order valence-electron chi connectivity index (χ2n) is 4.00. The third kappa shape index (κ3) is 2.66. The molecule has 1 heterocycles. The molecule has 1 aromatic carbocycles. The second-order valence-corrected chi connectivity index (χ2v) is 4.00. The van der Waals surface area contributed by atoms with Crippen molar-refractivity contribution < 1.29 is 4.79 Å². The number of pyridine rings is 1. The molecule has 0 aliphatic carbocycles. The molecule has 0 aliphatic rings. The maximum absolute atomic E-state index is 11.7. The first kappa shape index (κ1) is 12.1. The minimum absolute atomic E-state index is 0.112. The summed E-state index contributed by atoms with van der Waals surface area (Å²) < 4.78 is 0. The van der Waals surface area contributed by atoms with Crippen molar-refractivity contribution in [1.82, 2.24) is 10.3 Å². The van der Waals surface area contributed by atoms with E-state index in [0.29, 0.717) is 5.56 Å². The molecule has 0 spiro atoms. The maximum Gasteiger partial charge on any atom is 0.253 e. The van der Waals surface area contributed by atoms with Gasteiger partial charge in [-0.25, -0.2) is 0 Å². The van der Waals surface area contributed by atoms with Crippen molar-refractivity contribution in [2.75, 3.05) is 12.4 Å². The predicted octanol–water partition coefficient (Wildman–Crippen LogP) is 2.49. The molecule has 1 amide bonds. The number of nitrogens with one attached hydrogen (secondary N) is 2. The topological polar surface area (TPSA) is 54.0 Å². The second kappa shape index (κ2) is 5.31. The van der Waals surface area contributed by atoms with Crippen LogP contribution < -0.4 is 10.6 Å². The number of nitrogens with zero attached hydrogens (tertiary/aromatic N) is 1. The van der Waals surface area contributed by atoms with E-state index in [2.05, 4.69) is 15.6 Å².